The highest BCUT2D eigenvalue weighted by Crippen LogP contribution is 2.33. The Kier molecular flexibility index (Phi) is 5.21. The lowest BCUT2D eigenvalue weighted by Crippen LogP contribution is -2.41. The Morgan fingerprint density at radius 1 is 1.29 bits per heavy atom. The summed E-state index contributed by atoms with van der Waals surface area (Å²) in [5.41, 5.74) is 2.63. The predicted molar refractivity (Wildman–Crippen MR) is 93.3 cm³/mol. The number of rotatable bonds is 3. The fourth-order valence-electron chi connectivity index (χ4n) is 3.11. The van der Waals surface area contributed by atoms with E-state index in [9.17, 15) is 0 Å². The minimum Gasteiger partial charge on any atom is -0.369 e. The molecule has 0 aromatic heterocycles. The Labute approximate surface area is 134 Å². The number of hydrogen-bond acceptors (Lipinski definition) is 2. The number of benzene rings is 1. The molecule has 1 aliphatic heterocycles. The van der Waals surface area contributed by atoms with Crippen molar-refractivity contribution in [3.63, 3.8) is 0 Å². The first-order chi connectivity index (χ1) is 9.78. The molecule has 0 bridgehead atoms. The van der Waals surface area contributed by atoms with Crippen molar-refractivity contribution in [2.75, 3.05) is 11.4 Å². The van der Waals surface area contributed by atoms with Gasteiger partial charge in [-0.05, 0) is 58.6 Å². The highest BCUT2D eigenvalue weighted by atomic mass is 35.5. The van der Waals surface area contributed by atoms with Crippen LogP contribution in [0.25, 0.3) is 0 Å². The van der Waals surface area contributed by atoms with Crippen LogP contribution in [0.4, 0.5) is 5.69 Å². The maximum absolute atomic E-state index is 6.49. The summed E-state index contributed by atoms with van der Waals surface area (Å²) in [7, 11) is 0. The monoisotopic (exact) mass is 308 g/mol. The minimum atomic E-state index is 0.0957. The lowest BCUT2D eigenvalue weighted by molar-refractivity contribution is 0.376. The van der Waals surface area contributed by atoms with E-state index in [-0.39, 0.29) is 5.54 Å². The highest BCUT2D eigenvalue weighted by Gasteiger charge is 2.25. The predicted octanol–water partition coefficient (Wildman–Crippen LogP) is 4.85. The Bertz CT molecular complexity index is 479. The van der Waals surface area contributed by atoms with Gasteiger partial charge in [-0.2, -0.15) is 0 Å². The van der Waals surface area contributed by atoms with Crippen molar-refractivity contribution in [3.8, 4) is 0 Å². The van der Waals surface area contributed by atoms with E-state index in [1.165, 1.54) is 24.1 Å². The molecule has 1 fully saturated rings. The van der Waals surface area contributed by atoms with Gasteiger partial charge in [0.15, 0.2) is 0 Å². The van der Waals surface area contributed by atoms with Gasteiger partial charge in [0.2, 0.25) is 0 Å². The molecule has 2 nitrogen and oxygen atoms in total. The summed E-state index contributed by atoms with van der Waals surface area (Å²) in [6.45, 7) is 13.2. The average Bonchev–Trinajstić information content (AvgIpc) is 2.36. The first kappa shape index (κ1) is 16.6. The zero-order chi connectivity index (χ0) is 15.6. The summed E-state index contributed by atoms with van der Waals surface area (Å²) in [5, 5.41) is 4.44. The van der Waals surface area contributed by atoms with Gasteiger partial charge in [0.25, 0.3) is 0 Å². The van der Waals surface area contributed by atoms with Gasteiger partial charge in [0.1, 0.15) is 0 Å². The van der Waals surface area contributed by atoms with E-state index in [2.05, 4.69) is 57.0 Å². The smallest absolute Gasteiger partial charge is 0.0471 e. The summed E-state index contributed by atoms with van der Waals surface area (Å²) in [6.07, 6.45) is 2.53. The first-order valence-electron chi connectivity index (χ1n) is 8.07. The van der Waals surface area contributed by atoms with Gasteiger partial charge in [-0.3, -0.25) is 0 Å². The number of anilines is 1. The molecule has 0 spiro atoms. The van der Waals surface area contributed by atoms with E-state index in [1.807, 2.05) is 6.07 Å². The molecule has 21 heavy (non-hydrogen) atoms. The van der Waals surface area contributed by atoms with Gasteiger partial charge in [-0.15, -0.1) is 0 Å². The Hall–Kier alpha value is -0.730. The number of nitrogens with zero attached hydrogens (tertiary/aromatic N) is 1. The van der Waals surface area contributed by atoms with Crippen LogP contribution in [0.1, 0.15) is 53.0 Å². The first-order valence-corrected chi connectivity index (χ1v) is 8.45. The molecule has 1 aromatic carbocycles. The molecule has 0 aliphatic carbocycles. The summed E-state index contributed by atoms with van der Waals surface area (Å²) < 4.78 is 0. The maximum Gasteiger partial charge on any atom is 0.0471 e. The van der Waals surface area contributed by atoms with Gasteiger partial charge in [0, 0.05) is 40.9 Å². The van der Waals surface area contributed by atoms with Crippen molar-refractivity contribution in [3.05, 3.63) is 28.8 Å². The van der Waals surface area contributed by atoms with Crippen LogP contribution in [0.5, 0.6) is 0 Å². The van der Waals surface area contributed by atoms with Crippen molar-refractivity contribution in [2.24, 2.45) is 5.92 Å². The van der Waals surface area contributed by atoms with Crippen LogP contribution < -0.4 is 10.2 Å². The number of piperidine rings is 1. The fraction of sp³-hybridized carbons (Fsp3) is 0.667. The molecule has 118 valence electrons. The molecule has 1 saturated heterocycles. The number of hydrogen-bond donors (Lipinski definition) is 1. The molecule has 1 N–H and O–H groups in total. The summed E-state index contributed by atoms with van der Waals surface area (Å²) in [5.74, 6) is 0.826. The van der Waals surface area contributed by atoms with Crippen LogP contribution in [0.3, 0.4) is 0 Å². The van der Waals surface area contributed by atoms with Crippen LogP contribution in [0.15, 0.2) is 18.2 Å². The van der Waals surface area contributed by atoms with Gasteiger partial charge >= 0.3 is 0 Å². The van der Waals surface area contributed by atoms with E-state index in [4.69, 9.17) is 11.6 Å². The average molecular weight is 309 g/mol. The second-order valence-corrected chi connectivity index (χ2v) is 7.92. The second-order valence-electron chi connectivity index (χ2n) is 7.51. The van der Waals surface area contributed by atoms with Gasteiger partial charge in [-0.1, -0.05) is 24.6 Å². The standard InChI is InChI=1S/C18H29ClN2/c1-13-9-10-21(14(2)11-13)17-8-6-7-16(19)15(17)12-20-18(3,4)5/h6-8,13-14,20H,9-12H2,1-5H3. The van der Waals surface area contributed by atoms with Crippen LogP contribution >= 0.6 is 11.6 Å². The Morgan fingerprint density at radius 2 is 2.00 bits per heavy atom. The molecule has 0 amide bonds. The SMILES string of the molecule is CC1CCN(c2cccc(Cl)c2CNC(C)(C)C)C(C)C1. The molecule has 0 saturated carbocycles. The molecule has 1 aromatic rings. The molecule has 1 aliphatic rings. The quantitative estimate of drug-likeness (QED) is 0.858. The number of halogens is 1. The third-order valence-electron chi connectivity index (χ3n) is 4.34. The van der Waals surface area contributed by atoms with Crippen molar-refractivity contribution in [1.82, 2.24) is 5.32 Å². The zero-order valence-electron chi connectivity index (χ0n) is 14.0. The topological polar surface area (TPSA) is 15.3 Å². The summed E-state index contributed by atoms with van der Waals surface area (Å²) >= 11 is 6.49. The molecule has 1 heterocycles. The fourth-order valence-corrected chi connectivity index (χ4v) is 3.35. The minimum absolute atomic E-state index is 0.0957. The molecule has 2 atom stereocenters. The highest BCUT2D eigenvalue weighted by molar-refractivity contribution is 6.31. The van der Waals surface area contributed by atoms with Crippen LogP contribution in [-0.4, -0.2) is 18.1 Å². The molecular weight excluding hydrogens is 280 g/mol. The van der Waals surface area contributed by atoms with Gasteiger partial charge < -0.3 is 10.2 Å². The Morgan fingerprint density at radius 3 is 2.62 bits per heavy atom. The maximum atomic E-state index is 6.49. The molecule has 3 heteroatoms. The van der Waals surface area contributed by atoms with E-state index in [1.54, 1.807) is 0 Å². The van der Waals surface area contributed by atoms with Crippen molar-refractivity contribution in [1.29, 1.82) is 0 Å². The third-order valence-corrected chi connectivity index (χ3v) is 4.69. The molecule has 2 rings (SSSR count). The molecule has 2 unspecified atom stereocenters. The van der Waals surface area contributed by atoms with E-state index < -0.39 is 0 Å². The van der Waals surface area contributed by atoms with E-state index in [0.717, 1.165) is 24.0 Å². The zero-order valence-corrected chi connectivity index (χ0v) is 14.8. The lowest BCUT2D eigenvalue weighted by atomic mass is 9.92. The van der Waals surface area contributed by atoms with E-state index >= 15 is 0 Å². The van der Waals surface area contributed by atoms with Crippen molar-refractivity contribution >= 4 is 17.3 Å². The van der Waals surface area contributed by atoms with Crippen molar-refractivity contribution in [2.45, 2.75) is 65.6 Å². The summed E-state index contributed by atoms with van der Waals surface area (Å²) in [6, 6.07) is 6.88. The molecule has 0 radical (unpaired) electrons. The lowest BCUT2D eigenvalue weighted by Gasteiger charge is -2.39. The summed E-state index contributed by atoms with van der Waals surface area (Å²) in [4.78, 5) is 2.53. The van der Waals surface area contributed by atoms with Gasteiger partial charge in [0.05, 0.1) is 0 Å². The van der Waals surface area contributed by atoms with Crippen molar-refractivity contribution < 1.29 is 0 Å². The normalized spacial score (nSPS) is 23.4. The van der Waals surface area contributed by atoms with Crippen LogP contribution in [-0.2, 0) is 6.54 Å². The van der Waals surface area contributed by atoms with Crippen LogP contribution in [0, 0.1) is 5.92 Å². The largest absolute Gasteiger partial charge is 0.369 e. The van der Waals surface area contributed by atoms with E-state index in [0.29, 0.717) is 6.04 Å². The third kappa shape index (κ3) is 4.37. The Balaban J connectivity index is 2.24. The molecular formula is C18H29ClN2. The van der Waals surface area contributed by atoms with Gasteiger partial charge in [-0.25, -0.2) is 0 Å². The number of nitrogens with one attached hydrogen (secondary N) is 1. The van der Waals surface area contributed by atoms with Crippen LogP contribution in [0.2, 0.25) is 5.02 Å². The second kappa shape index (κ2) is 6.58.